The van der Waals surface area contributed by atoms with Crippen LogP contribution in [0.25, 0.3) is 0 Å². The summed E-state index contributed by atoms with van der Waals surface area (Å²) in [7, 11) is 3.52. The average molecular weight is 333 g/mol. The van der Waals surface area contributed by atoms with Crippen molar-refractivity contribution in [3.63, 3.8) is 0 Å². The molecule has 0 radical (unpaired) electrons. The largest absolute Gasteiger partial charge is 0.497 e. The lowest BCUT2D eigenvalue weighted by Crippen LogP contribution is -2.48. The van der Waals surface area contributed by atoms with Gasteiger partial charge in [0.1, 0.15) is 5.75 Å². The van der Waals surface area contributed by atoms with Crippen molar-refractivity contribution >= 4 is 5.96 Å². The van der Waals surface area contributed by atoms with Crippen LogP contribution in [0.4, 0.5) is 0 Å². The van der Waals surface area contributed by atoms with E-state index in [4.69, 9.17) is 9.47 Å². The molecule has 1 aromatic carbocycles. The number of methoxy groups -OCH3 is 1. The van der Waals surface area contributed by atoms with Crippen molar-refractivity contribution in [3.05, 3.63) is 29.8 Å². The zero-order valence-corrected chi connectivity index (χ0v) is 15.4. The summed E-state index contributed by atoms with van der Waals surface area (Å²) in [6, 6.07) is 8.43. The first-order valence-electron chi connectivity index (χ1n) is 8.76. The van der Waals surface area contributed by atoms with Crippen LogP contribution in [0.1, 0.15) is 32.3 Å². The summed E-state index contributed by atoms with van der Waals surface area (Å²) < 4.78 is 10.9. The first-order valence-corrected chi connectivity index (χ1v) is 8.76. The van der Waals surface area contributed by atoms with Gasteiger partial charge >= 0.3 is 0 Å². The van der Waals surface area contributed by atoms with Crippen molar-refractivity contribution in [1.82, 2.24) is 10.6 Å². The third-order valence-corrected chi connectivity index (χ3v) is 4.65. The smallest absolute Gasteiger partial charge is 0.191 e. The van der Waals surface area contributed by atoms with E-state index in [2.05, 4.69) is 41.6 Å². The van der Waals surface area contributed by atoms with E-state index in [0.29, 0.717) is 5.92 Å². The lowest BCUT2D eigenvalue weighted by atomic mass is 9.74. The fourth-order valence-corrected chi connectivity index (χ4v) is 3.05. The van der Waals surface area contributed by atoms with Gasteiger partial charge < -0.3 is 20.1 Å². The minimum Gasteiger partial charge on any atom is -0.497 e. The summed E-state index contributed by atoms with van der Waals surface area (Å²) in [4.78, 5) is 4.34. The zero-order valence-electron chi connectivity index (χ0n) is 15.4. The molecule has 1 heterocycles. The third kappa shape index (κ3) is 4.87. The maximum absolute atomic E-state index is 5.60. The maximum atomic E-state index is 5.60. The van der Waals surface area contributed by atoms with E-state index < -0.39 is 0 Å². The van der Waals surface area contributed by atoms with Crippen molar-refractivity contribution in [2.24, 2.45) is 10.9 Å². The fraction of sp³-hybridized carbons (Fsp3) is 0.632. The van der Waals surface area contributed by atoms with E-state index in [0.717, 1.165) is 50.9 Å². The predicted octanol–water partition coefficient (Wildman–Crippen LogP) is 2.56. The highest BCUT2D eigenvalue weighted by molar-refractivity contribution is 5.79. The third-order valence-electron chi connectivity index (χ3n) is 4.65. The van der Waals surface area contributed by atoms with Crippen LogP contribution in [0.5, 0.6) is 5.75 Å². The highest BCUT2D eigenvalue weighted by Crippen LogP contribution is 2.35. The van der Waals surface area contributed by atoms with Gasteiger partial charge in [0.05, 0.1) is 7.11 Å². The monoisotopic (exact) mass is 333 g/mol. The highest BCUT2D eigenvalue weighted by Gasteiger charge is 2.34. The standard InChI is InChI=1S/C19H31N3O2/c1-15(2)13-21-18(20-3)22-14-19(9-11-24-12-10-19)16-5-7-17(23-4)8-6-16/h5-8,15H,9-14H2,1-4H3,(H2,20,21,22). The van der Waals surface area contributed by atoms with Crippen molar-refractivity contribution < 1.29 is 9.47 Å². The summed E-state index contributed by atoms with van der Waals surface area (Å²) in [5.74, 6) is 2.34. The average Bonchev–Trinajstić information content (AvgIpc) is 2.62. The van der Waals surface area contributed by atoms with Crippen LogP contribution in [0, 0.1) is 5.92 Å². The number of guanidine groups is 1. The lowest BCUT2D eigenvalue weighted by Gasteiger charge is -2.38. The van der Waals surface area contributed by atoms with Crippen LogP contribution < -0.4 is 15.4 Å². The van der Waals surface area contributed by atoms with Gasteiger partial charge in [-0.05, 0) is 36.5 Å². The molecule has 1 saturated heterocycles. The molecule has 2 rings (SSSR count). The van der Waals surface area contributed by atoms with E-state index in [-0.39, 0.29) is 5.41 Å². The normalized spacial score (nSPS) is 17.6. The van der Waals surface area contributed by atoms with Crippen LogP contribution in [0.15, 0.2) is 29.3 Å². The molecule has 0 aliphatic carbocycles. The van der Waals surface area contributed by atoms with Crippen LogP contribution >= 0.6 is 0 Å². The Balaban J connectivity index is 2.09. The zero-order chi connectivity index (χ0) is 17.4. The Labute approximate surface area is 145 Å². The second-order valence-corrected chi connectivity index (χ2v) is 6.82. The molecule has 134 valence electrons. The van der Waals surface area contributed by atoms with Gasteiger partial charge in [-0.2, -0.15) is 0 Å². The topological polar surface area (TPSA) is 54.9 Å². The van der Waals surface area contributed by atoms with E-state index in [1.54, 1.807) is 7.11 Å². The summed E-state index contributed by atoms with van der Waals surface area (Å²) >= 11 is 0. The highest BCUT2D eigenvalue weighted by atomic mass is 16.5. The fourth-order valence-electron chi connectivity index (χ4n) is 3.05. The molecule has 1 aliphatic heterocycles. The quantitative estimate of drug-likeness (QED) is 0.620. The van der Waals surface area contributed by atoms with Crippen molar-refractivity contribution in [2.45, 2.75) is 32.1 Å². The van der Waals surface area contributed by atoms with Gasteiger partial charge in [-0.1, -0.05) is 26.0 Å². The second-order valence-electron chi connectivity index (χ2n) is 6.82. The van der Waals surface area contributed by atoms with E-state index >= 15 is 0 Å². The molecule has 5 nitrogen and oxygen atoms in total. The van der Waals surface area contributed by atoms with E-state index in [9.17, 15) is 0 Å². The van der Waals surface area contributed by atoms with Crippen LogP contribution in [-0.2, 0) is 10.2 Å². The second kappa shape index (κ2) is 8.92. The van der Waals surface area contributed by atoms with Gasteiger partial charge in [0.25, 0.3) is 0 Å². The van der Waals surface area contributed by atoms with Crippen LogP contribution in [0.2, 0.25) is 0 Å². The number of ether oxygens (including phenoxy) is 2. The predicted molar refractivity (Wildman–Crippen MR) is 98.9 cm³/mol. The van der Waals surface area contributed by atoms with Gasteiger partial charge in [-0.15, -0.1) is 0 Å². The Bertz CT molecular complexity index is 520. The van der Waals surface area contributed by atoms with Crippen molar-refractivity contribution in [1.29, 1.82) is 0 Å². The molecule has 0 unspecified atom stereocenters. The molecule has 0 saturated carbocycles. The Morgan fingerprint density at radius 1 is 1.21 bits per heavy atom. The molecule has 24 heavy (non-hydrogen) atoms. The minimum absolute atomic E-state index is 0.0694. The SMILES string of the molecule is CN=C(NCC(C)C)NCC1(c2ccc(OC)cc2)CCOCC1. The molecule has 1 fully saturated rings. The molecule has 0 amide bonds. The van der Waals surface area contributed by atoms with Crippen LogP contribution in [-0.4, -0.2) is 46.4 Å². The van der Waals surface area contributed by atoms with Gasteiger partial charge in [-0.3, -0.25) is 4.99 Å². The molecular weight excluding hydrogens is 302 g/mol. The molecule has 0 bridgehead atoms. The summed E-state index contributed by atoms with van der Waals surface area (Å²) in [6.07, 6.45) is 2.01. The number of benzene rings is 1. The number of nitrogens with zero attached hydrogens (tertiary/aromatic N) is 1. The lowest BCUT2D eigenvalue weighted by molar-refractivity contribution is 0.0513. The molecule has 1 aromatic rings. The number of rotatable bonds is 6. The first-order chi connectivity index (χ1) is 11.6. The number of aliphatic imine (C=N–C) groups is 1. The van der Waals surface area contributed by atoms with Gasteiger partial charge in [0.2, 0.25) is 0 Å². The van der Waals surface area contributed by atoms with Gasteiger partial charge in [0.15, 0.2) is 5.96 Å². The van der Waals surface area contributed by atoms with Gasteiger partial charge in [0, 0.05) is 38.8 Å². The number of nitrogens with one attached hydrogen (secondary N) is 2. The molecule has 0 spiro atoms. The Hall–Kier alpha value is -1.75. The Morgan fingerprint density at radius 2 is 1.88 bits per heavy atom. The Kier molecular flexibility index (Phi) is 6.91. The molecule has 0 atom stereocenters. The summed E-state index contributed by atoms with van der Waals surface area (Å²) in [5.41, 5.74) is 1.40. The number of hydrogen-bond donors (Lipinski definition) is 2. The molecule has 2 N–H and O–H groups in total. The van der Waals surface area contributed by atoms with Crippen molar-refractivity contribution in [3.8, 4) is 5.75 Å². The summed E-state index contributed by atoms with van der Waals surface area (Å²) in [5, 5.41) is 6.90. The van der Waals surface area contributed by atoms with Crippen LogP contribution in [0.3, 0.4) is 0 Å². The first kappa shape index (κ1) is 18.6. The Morgan fingerprint density at radius 3 is 2.42 bits per heavy atom. The van der Waals surface area contributed by atoms with Gasteiger partial charge in [-0.25, -0.2) is 0 Å². The molecular formula is C19H31N3O2. The maximum Gasteiger partial charge on any atom is 0.191 e. The van der Waals surface area contributed by atoms with E-state index in [1.165, 1.54) is 5.56 Å². The molecule has 1 aliphatic rings. The minimum atomic E-state index is 0.0694. The molecule has 0 aromatic heterocycles. The van der Waals surface area contributed by atoms with Crippen molar-refractivity contribution in [2.75, 3.05) is 40.5 Å². The van der Waals surface area contributed by atoms with E-state index in [1.807, 2.05) is 19.2 Å². The number of hydrogen-bond acceptors (Lipinski definition) is 3. The summed E-state index contributed by atoms with van der Waals surface area (Å²) in [6.45, 7) is 7.74. The molecule has 5 heteroatoms.